The van der Waals surface area contributed by atoms with E-state index in [1.54, 1.807) is 0 Å². The van der Waals surface area contributed by atoms with E-state index in [2.05, 4.69) is 39.4 Å². The topological polar surface area (TPSA) is 18.5 Å². The van der Waals surface area contributed by atoms with Gasteiger partial charge in [-0.1, -0.05) is 12.1 Å². The Labute approximate surface area is 145 Å². The molecule has 2 heterocycles. The molecule has 0 aromatic heterocycles. The molecule has 2 aliphatic heterocycles. The first-order valence-electron chi connectivity index (χ1n) is 7.74. The van der Waals surface area contributed by atoms with Crippen LogP contribution in [0.15, 0.2) is 24.3 Å². The van der Waals surface area contributed by atoms with E-state index in [1.165, 1.54) is 18.5 Å². The number of nitrogens with zero attached hydrogens (tertiary/aromatic N) is 2. The van der Waals surface area contributed by atoms with Crippen molar-refractivity contribution in [2.45, 2.75) is 18.9 Å². The Morgan fingerprint density at radius 3 is 2.09 bits per heavy atom. The van der Waals surface area contributed by atoms with Gasteiger partial charge < -0.3 is 10.2 Å². The van der Waals surface area contributed by atoms with Crippen LogP contribution in [0.4, 0.5) is 10.1 Å². The van der Waals surface area contributed by atoms with E-state index in [0.717, 1.165) is 44.8 Å². The van der Waals surface area contributed by atoms with Crippen LogP contribution >= 0.6 is 24.8 Å². The number of benzene rings is 1. The first kappa shape index (κ1) is 19.5. The van der Waals surface area contributed by atoms with Crippen molar-refractivity contribution in [3.05, 3.63) is 29.8 Å². The molecule has 2 saturated heterocycles. The van der Waals surface area contributed by atoms with Gasteiger partial charge >= 0.3 is 0 Å². The lowest BCUT2D eigenvalue weighted by molar-refractivity contribution is 0.147. The van der Waals surface area contributed by atoms with Crippen LogP contribution in [0.1, 0.15) is 24.4 Å². The Morgan fingerprint density at radius 2 is 1.55 bits per heavy atom. The van der Waals surface area contributed by atoms with Crippen molar-refractivity contribution in [1.29, 1.82) is 0 Å². The van der Waals surface area contributed by atoms with Gasteiger partial charge in [-0.3, -0.25) is 4.90 Å². The van der Waals surface area contributed by atoms with Gasteiger partial charge in [-0.05, 0) is 30.5 Å². The Morgan fingerprint density at radius 1 is 0.955 bits per heavy atom. The Bertz CT molecular complexity index is 418. The fraction of sp³-hybridized carbons (Fsp3) is 0.625. The van der Waals surface area contributed by atoms with Gasteiger partial charge in [-0.15, -0.1) is 24.8 Å². The predicted molar refractivity (Wildman–Crippen MR) is 95.5 cm³/mol. The van der Waals surface area contributed by atoms with Gasteiger partial charge in [-0.25, -0.2) is 4.39 Å². The second-order valence-electron chi connectivity index (χ2n) is 5.74. The number of anilines is 1. The lowest BCUT2D eigenvalue weighted by Gasteiger charge is -2.33. The standard InChI is InChI=1S/C16H24FN3.2ClH/c17-13-16(20-11-7-18-8-12-20)14-3-5-15(6-4-14)19-9-1-2-10-19;;/h3-6,16,18H,1-2,7-13H2;2*1H/t16-;;/m1../s1. The van der Waals surface area contributed by atoms with E-state index >= 15 is 0 Å². The van der Waals surface area contributed by atoms with Crippen molar-refractivity contribution in [1.82, 2.24) is 10.2 Å². The third-order valence-corrected chi connectivity index (χ3v) is 4.49. The molecule has 0 amide bonds. The van der Waals surface area contributed by atoms with Crippen molar-refractivity contribution < 1.29 is 4.39 Å². The molecule has 0 bridgehead atoms. The van der Waals surface area contributed by atoms with Crippen molar-refractivity contribution in [3.63, 3.8) is 0 Å². The van der Waals surface area contributed by atoms with E-state index in [4.69, 9.17) is 0 Å². The van der Waals surface area contributed by atoms with E-state index in [9.17, 15) is 4.39 Å². The van der Waals surface area contributed by atoms with Gasteiger partial charge in [0.05, 0.1) is 6.04 Å². The van der Waals surface area contributed by atoms with Crippen molar-refractivity contribution >= 4 is 30.5 Å². The molecule has 0 saturated carbocycles. The van der Waals surface area contributed by atoms with Gasteiger partial charge in [0.25, 0.3) is 0 Å². The molecule has 22 heavy (non-hydrogen) atoms. The van der Waals surface area contributed by atoms with E-state index in [0.29, 0.717) is 0 Å². The zero-order valence-corrected chi connectivity index (χ0v) is 14.5. The molecule has 2 aliphatic rings. The van der Waals surface area contributed by atoms with Crippen molar-refractivity contribution in [2.75, 3.05) is 50.8 Å². The van der Waals surface area contributed by atoms with E-state index < -0.39 is 0 Å². The third kappa shape index (κ3) is 4.48. The van der Waals surface area contributed by atoms with Crippen LogP contribution in [-0.2, 0) is 0 Å². The number of nitrogens with one attached hydrogen (secondary N) is 1. The maximum atomic E-state index is 13.5. The minimum absolute atomic E-state index is 0. The molecule has 0 unspecified atom stereocenters. The summed E-state index contributed by atoms with van der Waals surface area (Å²) in [5.41, 5.74) is 2.39. The lowest BCUT2D eigenvalue weighted by atomic mass is 10.0. The first-order chi connectivity index (χ1) is 9.88. The van der Waals surface area contributed by atoms with Crippen LogP contribution in [-0.4, -0.2) is 50.8 Å². The minimum Gasteiger partial charge on any atom is -0.372 e. The summed E-state index contributed by atoms with van der Waals surface area (Å²) in [6, 6.07) is 8.46. The molecule has 6 heteroatoms. The Kier molecular flexibility index (Phi) is 8.47. The molecular formula is C16H26Cl2FN3. The SMILES string of the molecule is Cl.Cl.FC[C@H](c1ccc(N2CCCC2)cc1)N1CCNCC1. The summed E-state index contributed by atoms with van der Waals surface area (Å²) in [4.78, 5) is 4.67. The predicted octanol–water partition coefficient (Wildman–Crippen LogP) is 3.05. The van der Waals surface area contributed by atoms with Crippen LogP contribution in [0.3, 0.4) is 0 Å². The quantitative estimate of drug-likeness (QED) is 0.901. The average Bonchev–Trinajstić information content (AvgIpc) is 3.04. The van der Waals surface area contributed by atoms with Gasteiger partial charge in [0.2, 0.25) is 0 Å². The highest BCUT2D eigenvalue weighted by molar-refractivity contribution is 5.85. The minimum atomic E-state index is -0.303. The number of hydrogen-bond acceptors (Lipinski definition) is 3. The van der Waals surface area contributed by atoms with Crippen molar-refractivity contribution in [2.24, 2.45) is 0 Å². The molecule has 0 spiro atoms. The summed E-state index contributed by atoms with van der Waals surface area (Å²) in [7, 11) is 0. The van der Waals surface area contributed by atoms with Crippen LogP contribution in [0.5, 0.6) is 0 Å². The molecule has 0 aliphatic carbocycles. The monoisotopic (exact) mass is 349 g/mol. The maximum Gasteiger partial charge on any atom is 0.109 e. The zero-order chi connectivity index (χ0) is 13.8. The van der Waals surface area contributed by atoms with Gasteiger partial charge in [-0.2, -0.15) is 0 Å². The normalized spacial score (nSPS) is 20.1. The summed E-state index contributed by atoms with van der Waals surface area (Å²) in [5.74, 6) is 0. The molecule has 1 N–H and O–H groups in total. The summed E-state index contributed by atoms with van der Waals surface area (Å²) >= 11 is 0. The summed E-state index contributed by atoms with van der Waals surface area (Å²) in [6.07, 6.45) is 2.57. The number of piperazine rings is 1. The molecular weight excluding hydrogens is 324 g/mol. The highest BCUT2D eigenvalue weighted by Crippen LogP contribution is 2.26. The third-order valence-electron chi connectivity index (χ3n) is 4.49. The number of rotatable bonds is 4. The maximum absolute atomic E-state index is 13.5. The molecule has 1 atom stereocenters. The van der Waals surface area contributed by atoms with Gasteiger partial charge in [0.1, 0.15) is 6.67 Å². The van der Waals surface area contributed by atoms with E-state index in [1.807, 2.05) is 0 Å². The largest absolute Gasteiger partial charge is 0.372 e. The Balaban J connectivity index is 0.00000121. The fourth-order valence-corrected chi connectivity index (χ4v) is 3.27. The second-order valence-corrected chi connectivity index (χ2v) is 5.74. The van der Waals surface area contributed by atoms with Crippen LogP contribution in [0, 0.1) is 0 Å². The number of alkyl halides is 1. The lowest BCUT2D eigenvalue weighted by Crippen LogP contribution is -2.45. The zero-order valence-electron chi connectivity index (χ0n) is 12.8. The molecule has 1 aromatic rings. The molecule has 0 radical (unpaired) electrons. The highest BCUT2D eigenvalue weighted by Gasteiger charge is 2.22. The molecule has 3 nitrogen and oxygen atoms in total. The molecule has 126 valence electrons. The van der Waals surface area contributed by atoms with Gasteiger partial charge in [0, 0.05) is 45.0 Å². The van der Waals surface area contributed by atoms with Gasteiger partial charge in [0.15, 0.2) is 0 Å². The van der Waals surface area contributed by atoms with Crippen LogP contribution in [0.2, 0.25) is 0 Å². The smallest absolute Gasteiger partial charge is 0.109 e. The second kappa shape index (κ2) is 9.56. The average molecular weight is 350 g/mol. The molecule has 3 rings (SSSR count). The van der Waals surface area contributed by atoms with E-state index in [-0.39, 0.29) is 37.5 Å². The number of halogens is 3. The summed E-state index contributed by atoms with van der Waals surface area (Å²) in [6.45, 7) is 5.80. The fourth-order valence-electron chi connectivity index (χ4n) is 3.27. The first-order valence-corrected chi connectivity index (χ1v) is 7.74. The highest BCUT2D eigenvalue weighted by atomic mass is 35.5. The summed E-state index contributed by atoms with van der Waals surface area (Å²) < 4.78 is 13.5. The van der Waals surface area contributed by atoms with Crippen LogP contribution < -0.4 is 10.2 Å². The molecule has 2 fully saturated rings. The van der Waals surface area contributed by atoms with Crippen molar-refractivity contribution in [3.8, 4) is 0 Å². The Hall–Kier alpha value is -0.550. The summed E-state index contributed by atoms with van der Waals surface area (Å²) in [5, 5.41) is 3.32. The molecule has 1 aromatic carbocycles. The number of hydrogen-bond donors (Lipinski definition) is 1. The van der Waals surface area contributed by atoms with Crippen LogP contribution in [0.25, 0.3) is 0 Å².